The predicted molar refractivity (Wildman–Crippen MR) is 115 cm³/mol. The highest BCUT2D eigenvalue weighted by atomic mass is 32.2. The van der Waals surface area contributed by atoms with Gasteiger partial charge < -0.3 is 5.11 Å². The summed E-state index contributed by atoms with van der Waals surface area (Å²) in [4.78, 5) is 23.6. The van der Waals surface area contributed by atoms with Crippen molar-refractivity contribution in [2.24, 2.45) is 5.92 Å². The van der Waals surface area contributed by atoms with Crippen molar-refractivity contribution in [3.8, 4) is 0 Å². The van der Waals surface area contributed by atoms with Gasteiger partial charge in [0.25, 0.3) is 0 Å². The summed E-state index contributed by atoms with van der Waals surface area (Å²) in [5.74, 6) is -1.59. The zero-order valence-corrected chi connectivity index (χ0v) is 17.6. The first kappa shape index (κ1) is 21.9. The van der Waals surface area contributed by atoms with Gasteiger partial charge >= 0.3 is 5.97 Å². The van der Waals surface area contributed by atoms with E-state index in [0.717, 1.165) is 12.0 Å². The van der Waals surface area contributed by atoms with E-state index in [0.29, 0.717) is 18.4 Å². The molecule has 0 aliphatic carbocycles. The van der Waals surface area contributed by atoms with Gasteiger partial charge in [-0.1, -0.05) is 37.3 Å². The molecule has 7 heteroatoms. The van der Waals surface area contributed by atoms with Crippen LogP contribution in [0.2, 0.25) is 0 Å². The Bertz CT molecular complexity index is 1030. The molecule has 0 spiro atoms. The third kappa shape index (κ3) is 5.04. The van der Waals surface area contributed by atoms with E-state index in [1.54, 1.807) is 6.08 Å². The molecule has 1 aliphatic heterocycles. The van der Waals surface area contributed by atoms with Gasteiger partial charge in [-0.05, 0) is 60.7 Å². The van der Waals surface area contributed by atoms with Crippen LogP contribution in [0.4, 0.5) is 0 Å². The fourth-order valence-electron chi connectivity index (χ4n) is 3.42. The van der Waals surface area contributed by atoms with Crippen LogP contribution in [0.5, 0.6) is 0 Å². The number of carboxylic acid groups (broad SMARTS) is 1. The standard InChI is InChI=1S/C23H25NO5S/c1-2-17-3-5-18(6-4-17)7-12-22(25)19-8-10-21(11-9-19)30(28,29)24-15-13-20(14-16-24)23(26)27/h3-12,20H,2,13-16H2,1H3,(H,26,27). The summed E-state index contributed by atoms with van der Waals surface area (Å²) in [7, 11) is -3.70. The van der Waals surface area contributed by atoms with Crippen LogP contribution in [0.25, 0.3) is 6.08 Å². The Hall–Kier alpha value is -2.77. The molecule has 6 nitrogen and oxygen atoms in total. The summed E-state index contributed by atoms with van der Waals surface area (Å²) in [6, 6.07) is 13.8. The lowest BCUT2D eigenvalue weighted by atomic mass is 9.99. The van der Waals surface area contributed by atoms with Gasteiger partial charge in [0.1, 0.15) is 0 Å². The van der Waals surface area contributed by atoms with Crippen LogP contribution in [0, 0.1) is 5.92 Å². The highest BCUT2D eigenvalue weighted by Crippen LogP contribution is 2.24. The molecule has 1 fully saturated rings. The SMILES string of the molecule is CCc1ccc(C=CC(=O)c2ccc(S(=O)(=O)N3CCC(C(=O)O)CC3)cc2)cc1. The van der Waals surface area contributed by atoms with Crippen molar-refractivity contribution in [3.63, 3.8) is 0 Å². The number of rotatable bonds is 7. The Kier molecular flexibility index (Phi) is 6.84. The molecule has 1 aliphatic rings. The van der Waals surface area contributed by atoms with Crippen molar-refractivity contribution >= 4 is 27.9 Å². The minimum Gasteiger partial charge on any atom is -0.481 e. The first-order valence-electron chi connectivity index (χ1n) is 9.95. The van der Waals surface area contributed by atoms with E-state index in [1.165, 1.54) is 40.2 Å². The van der Waals surface area contributed by atoms with Crippen LogP contribution in [-0.4, -0.2) is 42.7 Å². The minimum atomic E-state index is -3.70. The molecule has 0 atom stereocenters. The first-order chi connectivity index (χ1) is 14.3. The van der Waals surface area contributed by atoms with Crippen LogP contribution in [0.1, 0.15) is 41.3 Å². The highest BCUT2D eigenvalue weighted by molar-refractivity contribution is 7.89. The van der Waals surface area contributed by atoms with Crippen molar-refractivity contribution in [1.29, 1.82) is 0 Å². The van der Waals surface area contributed by atoms with Crippen LogP contribution >= 0.6 is 0 Å². The Morgan fingerprint density at radius 3 is 2.17 bits per heavy atom. The quantitative estimate of drug-likeness (QED) is 0.538. The molecule has 2 aromatic rings. The maximum Gasteiger partial charge on any atom is 0.306 e. The number of hydrogen-bond donors (Lipinski definition) is 1. The molecular weight excluding hydrogens is 402 g/mol. The molecule has 1 heterocycles. The number of benzene rings is 2. The maximum absolute atomic E-state index is 12.8. The lowest BCUT2D eigenvalue weighted by molar-refractivity contribution is -0.142. The average Bonchev–Trinajstić information content (AvgIpc) is 2.78. The van der Waals surface area contributed by atoms with Gasteiger partial charge in [-0.2, -0.15) is 4.31 Å². The number of ketones is 1. The van der Waals surface area contributed by atoms with E-state index in [9.17, 15) is 18.0 Å². The third-order valence-corrected chi connectivity index (χ3v) is 7.31. The molecule has 3 rings (SSSR count). The van der Waals surface area contributed by atoms with E-state index in [1.807, 2.05) is 24.3 Å². The topological polar surface area (TPSA) is 91.8 Å². The van der Waals surface area contributed by atoms with Crippen molar-refractivity contribution in [3.05, 3.63) is 71.3 Å². The Morgan fingerprint density at radius 2 is 1.63 bits per heavy atom. The van der Waals surface area contributed by atoms with Gasteiger partial charge in [0, 0.05) is 18.7 Å². The molecular formula is C23H25NO5S. The fraction of sp³-hybridized carbons (Fsp3) is 0.304. The molecule has 0 bridgehead atoms. The van der Waals surface area contributed by atoms with Gasteiger partial charge in [0.05, 0.1) is 10.8 Å². The highest BCUT2D eigenvalue weighted by Gasteiger charge is 2.31. The number of aliphatic carboxylic acids is 1. The summed E-state index contributed by atoms with van der Waals surface area (Å²) in [6.45, 7) is 2.44. The number of piperidine rings is 1. The zero-order valence-electron chi connectivity index (χ0n) is 16.8. The van der Waals surface area contributed by atoms with E-state index in [-0.39, 0.29) is 23.8 Å². The maximum atomic E-state index is 12.8. The Balaban J connectivity index is 1.67. The van der Waals surface area contributed by atoms with Gasteiger partial charge in [0.15, 0.2) is 5.78 Å². The van der Waals surface area contributed by atoms with E-state index in [2.05, 4.69) is 6.92 Å². The smallest absolute Gasteiger partial charge is 0.306 e. The van der Waals surface area contributed by atoms with Gasteiger partial charge in [-0.25, -0.2) is 8.42 Å². The molecule has 0 unspecified atom stereocenters. The van der Waals surface area contributed by atoms with Gasteiger partial charge in [-0.3, -0.25) is 9.59 Å². The number of nitrogens with zero attached hydrogens (tertiary/aromatic N) is 1. The zero-order chi connectivity index (χ0) is 21.7. The average molecular weight is 428 g/mol. The number of carbonyl (C=O) groups excluding carboxylic acids is 1. The second-order valence-corrected chi connectivity index (χ2v) is 9.27. The predicted octanol–water partition coefficient (Wildman–Crippen LogP) is 3.63. The van der Waals surface area contributed by atoms with Crippen molar-refractivity contribution in [2.45, 2.75) is 31.1 Å². The number of sulfonamides is 1. The molecule has 0 aromatic heterocycles. The molecule has 158 valence electrons. The van der Waals surface area contributed by atoms with E-state index < -0.39 is 21.9 Å². The first-order valence-corrected chi connectivity index (χ1v) is 11.4. The molecule has 2 aromatic carbocycles. The summed E-state index contributed by atoms with van der Waals surface area (Å²) in [6.07, 6.45) is 4.76. The lowest BCUT2D eigenvalue weighted by Crippen LogP contribution is -2.40. The van der Waals surface area contributed by atoms with Crippen LogP contribution < -0.4 is 0 Å². The van der Waals surface area contributed by atoms with Gasteiger partial charge in [0.2, 0.25) is 10.0 Å². The summed E-state index contributed by atoms with van der Waals surface area (Å²) < 4.78 is 26.9. The largest absolute Gasteiger partial charge is 0.481 e. The second kappa shape index (κ2) is 9.36. The van der Waals surface area contributed by atoms with E-state index >= 15 is 0 Å². The molecule has 0 amide bonds. The second-order valence-electron chi connectivity index (χ2n) is 7.33. The van der Waals surface area contributed by atoms with Crippen molar-refractivity contribution in [1.82, 2.24) is 4.31 Å². The number of allylic oxidation sites excluding steroid dienone is 1. The number of carbonyl (C=O) groups is 2. The summed E-state index contributed by atoms with van der Waals surface area (Å²) in [5.41, 5.74) is 2.55. The fourth-order valence-corrected chi connectivity index (χ4v) is 4.89. The summed E-state index contributed by atoms with van der Waals surface area (Å²) in [5, 5.41) is 9.06. The summed E-state index contributed by atoms with van der Waals surface area (Å²) >= 11 is 0. The number of aryl methyl sites for hydroxylation is 1. The monoisotopic (exact) mass is 427 g/mol. The molecule has 1 saturated heterocycles. The molecule has 1 N–H and O–H groups in total. The Morgan fingerprint density at radius 1 is 1.03 bits per heavy atom. The number of hydrogen-bond acceptors (Lipinski definition) is 4. The molecule has 0 radical (unpaired) electrons. The van der Waals surface area contributed by atoms with Crippen LogP contribution in [-0.2, 0) is 21.2 Å². The van der Waals surface area contributed by atoms with Crippen molar-refractivity contribution < 1.29 is 23.1 Å². The lowest BCUT2D eigenvalue weighted by Gasteiger charge is -2.29. The van der Waals surface area contributed by atoms with Gasteiger partial charge in [-0.15, -0.1) is 0 Å². The van der Waals surface area contributed by atoms with Crippen molar-refractivity contribution in [2.75, 3.05) is 13.1 Å². The van der Waals surface area contributed by atoms with Crippen LogP contribution in [0.3, 0.4) is 0 Å². The molecule has 0 saturated carbocycles. The Labute approximate surface area is 176 Å². The molecule has 30 heavy (non-hydrogen) atoms. The minimum absolute atomic E-state index is 0.104. The number of carboxylic acids is 1. The van der Waals surface area contributed by atoms with E-state index in [4.69, 9.17) is 5.11 Å². The van der Waals surface area contributed by atoms with Crippen LogP contribution in [0.15, 0.2) is 59.5 Å². The third-order valence-electron chi connectivity index (χ3n) is 5.39. The normalized spacial score (nSPS) is 16.0.